The van der Waals surface area contributed by atoms with Crippen LogP contribution in [-0.2, 0) is 17.9 Å². The highest BCUT2D eigenvalue weighted by molar-refractivity contribution is 7.99. The number of hydrogen-bond donors (Lipinski definition) is 0. The molecule has 3 rings (SSSR count). The molecule has 5 heteroatoms. The van der Waals surface area contributed by atoms with Crippen molar-refractivity contribution in [2.24, 2.45) is 0 Å². The minimum atomic E-state index is -0.284. The molecule has 0 atom stereocenters. The molecule has 0 aliphatic carbocycles. The summed E-state index contributed by atoms with van der Waals surface area (Å²) in [4.78, 5) is 15.3. The Labute approximate surface area is 140 Å². The third-order valence-corrected chi connectivity index (χ3v) is 4.82. The van der Waals surface area contributed by atoms with Gasteiger partial charge in [-0.15, -0.1) is 11.8 Å². The normalized spacial score (nSPS) is 13.9. The van der Waals surface area contributed by atoms with Crippen LogP contribution in [-0.4, -0.2) is 30.4 Å². The fourth-order valence-corrected chi connectivity index (χ4v) is 3.58. The molecule has 0 aromatic heterocycles. The molecule has 2 aromatic carbocycles. The molecule has 0 radical (unpaired) electrons. The molecule has 1 aliphatic rings. The number of nitrogens with zero attached hydrogens (tertiary/aromatic N) is 1. The molecule has 2 aromatic rings. The number of carbonyl (C=O) groups excluding carboxylic acids is 1. The topological polar surface area (TPSA) is 38.8 Å². The summed E-state index contributed by atoms with van der Waals surface area (Å²) in [7, 11) is 1.66. The predicted octanol–water partition coefficient (Wildman–Crippen LogP) is 3.94. The van der Waals surface area contributed by atoms with Crippen molar-refractivity contribution < 1.29 is 14.3 Å². The van der Waals surface area contributed by atoms with E-state index in [-0.39, 0.29) is 6.09 Å². The summed E-state index contributed by atoms with van der Waals surface area (Å²) in [6.07, 6.45) is -0.284. The van der Waals surface area contributed by atoms with Crippen LogP contribution in [0.3, 0.4) is 0 Å². The summed E-state index contributed by atoms with van der Waals surface area (Å²) in [5, 5.41) is 0. The van der Waals surface area contributed by atoms with Gasteiger partial charge in [-0.1, -0.05) is 36.4 Å². The van der Waals surface area contributed by atoms with Gasteiger partial charge in [0.25, 0.3) is 0 Å². The Bertz CT molecular complexity index is 675. The van der Waals surface area contributed by atoms with Gasteiger partial charge in [-0.2, -0.15) is 0 Å². The lowest BCUT2D eigenvalue weighted by molar-refractivity contribution is 0.0958. The number of thioether (sulfide) groups is 1. The highest BCUT2D eigenvalue weighted by atomic mass is 32.2. The molecule has 0 unspecified atom stereocenters. The second-order valence-corrected chi connectivity index (χ2v) is 6.38. The number of benzene rings is 2. The van der Waals surface area contributed by atoms with Crippen molar-refractivity contribution in [2.75, 3.05) is 19.4 Å². The van der Waals surface area contributed by atoms with Gasteiger partial charge in [0, 0.05) is 22.8 Å². The van der Waals surface area contributed by atoms with Gasteiger partial charge in [-0.05, 0) is 17.7 Å². The molecule has 0 saturated carbocycles. The number of rotatable bonds is 3. The minimum absolute atomic E-state index is 0.284. The molecular weight excluding hydrogens is 310 g/mol. The van der Waals surface area contributed by atoms with Crippen molar-refractivity contribution in [1.29, 1.82) is 0 Å². The van der Waals surface area contributed by atoms with E-state index in [0.717, 1.165) is 22.6 Å². The van der Waals surface area contributed by atoms with Gasteiger partial charge in [0.1, 0.15) is 12.4 Å². The standard InChI is InChI=1S/C18H19NO3S/c1-21-16-8-5-9-17-15(16)12-19(10-11-23-17)18(20)22-13-14-6-3-2-4-7-14/h2-9H,10-13H2,1H3. The average Bonchev–Trinajstić information content (AvgIpc) is 2.82. The van der Waals surface area contributed by atoms with Crippen LogP contribution in [0.25, 0.3) is 0 Å². The first kappa shape index (κ1) is 15.7. The van der Waals surface area contributed by atoms with Gasteiger partial charge >= 0.3 is 6.09 Å². The summed E-state index contributed by atoms with van der Waals surface area (Å²) >= 11 is 1.75. The van der Waals surface area contributed by atoms with Crippen LogP contribution in [0.5, 0.6) is 5.75 Å². The second-order valence-electron chi connectivity index (χ2n) is 5.25. The summed E-state index contributed by atoms with van der Waals surface area (Å²) in [5.74, 6) is 1.67. The molecule has 23 heavy (non-hydrogen) atoms. The van der Waals surface area contributed by atoms with E-state index in [1.54, 1.807) is 23.8 Å². The van der Waals surface area contributed by atoms with Crippen molar-refractivity contribution in [3.63, 3.8) is 0 Å². The number of fused-ring (bicyclic) bond motifs is 1. The highest BCUT2D eigenvalue weighted by Gasteiger charge is 2.22. The number of methoxy groups -OCH3 is 1. The van der Waals surface area contributed by atoms with E-state index >= 15 is 0 Å². The molecule has 0 fully saturated rings. The molecule has 1 heterocycles. The quantitative estimate of drug-likeness (QED) is 0.855. The summed E-state index contributed by atoms with van der Waals surface area (Å²) in [6.45, 7) is 1.47. The minimum Gasteiger partial charge on any atom is -0.496 e. The van der Waals surface area contributed by atoms with Crippen LogP contribution in [0.2, 0.25) is 0 Å². The fourth-order valence-electron chi connectivity index (χ4n) is 2.53. The van der Waals surface area contributed by atoms with E-state index < -0.39 is 0 Å². The lowest BCUT2D eigenvalue weighted by Crippen LogP contribution is -2.32. The Morgan fingerprint density at radius 1 is 1.17 bits per heavy atom. The summed E-state index contributed by atoms with van der Waals surface area (Å²) < 4.78 is 10.9. The van der Waals surface area contributed by atoms with Crippen molar-refractivity contribution in [3.05, 3.63) is 59.7 Å². The third-order valence-electron chi connectivity index (χ3n) is 3.74. The van der Waals surface area contributed by atoms with Gasteiger partial charge in [-0.3, -0.25) is 0 Å². The van der Waals surface area contributed by atoms with E-state index in [9.17, 15) is 4.79 Å². The van der Waals surface area contributed by atoms with Gasteiger partial charge in [0.15, 0.2) is 0 Å². The first-order valence-electron chi connectivity index (χ1n) is 7.52. The van der Waals surface area contributed by atoms with Gasteiger partial charge in [0.2, 0.25) is 0 Å². The van der Waals surface area contributed by atoms with Crippen molar-refractivity contribution in [1.82, 2.24) is 4.90 Å². The molecule has 120 valence electrons. The van der Waals surface area contributed by atoms with Crippen molar-refractivity contribution >= 4 is 17.9 Å². The second kappa shape index (κ2) is 7.42. The number of ether oxygens (including phenoxy) is 2. The molecule has 0 spiro atoms. The van der Waals surface area contributed by atoms with Crippen LogP contribution in [0.15, 0.2) is 53.4 Å². The first-order valence-corrected chi connectivity index (χ1v) is 8.51. The van der Waals surface area contributed by atoms with E-state index in [0.29, 0.717) is 19.7 Å². The van der Waals surface area contributed by atoms with Crippen LogP contribution in [0.4, 0.5) is 4.79 Å². The number of hydrogen-bond acceptors (Lipinski definition) is 4. The maximum atomic E-state index is 12.4. The third kappa shape index (κ3) is 3.79. The van der Waals surface area contributed by atoms with Crippen LogP contribution in [0, 0.1) is 0 Å². The van der Waals surface area contributed by atoms with Crippen LogP contribution in [0.1, 0.15) is 11.1 Å². The van der Waals surface area contributed by atoms with Crippen molar-refractivity contribution in [3.8, 4) is 5.75 Å². The zero-order valence-electron chi connectivity index (χ0n) is 13.0. The zero-order valence-corrected chi connectivity index (χ0v) is 13.8. The van der Waals surface area contributed by atoms with Crippen LogP contribution >= 0.6 is 11.8 Å². The molecule has 1 amide bonds. The summed E-state index contributed by atoms with van der Waals surface area (Å²) in [6, 6.07) is 15.7. The zero-order chi connectivity index (χ0) is 16.1. The summed E-state index contributed by atoms with van der Waals surface area (Å²) in [5.41, 5.74) is 2.04. The average molecular weight is 329 g/mol. The SMILES string of the molecule is COc1cccc2c1CN(C(=O)OCc1ccccc1)CCS2. The Balaban J connectivity index is 1.69. The smallest absolute Gasteiger partial charge is 0.410 e. The maximum absolute atomic E-state index is 12.4. The Morgan fingerprint density at radius 3 is 2.78 bits per heavy atom. The van der Waals surface area contributed by atoms with Gasteiger partial charge in [0.05, 0.1) is 13.7 Å². The van der Waals surface area contributed by atoms with Gasteiger partial charge < -0.3 is 14.4 Å². The Kier molecular flexibility index (Phi) is 5.08. The van der Waals surface area contributed by atoms with Gasteiger partial charge in [-0.25, -0.2) is 4.79 Å². The molecule has 1 aliphatic heterocycles. The van der Waals surface area contributed by atoms with E-state index in [2.05, 4.69) is 6.07 Å². The monoisotopic (exact) mass is 329 g/mol. The van der Waals surface area contributed by atoms with E-state index in [4.69, 9.17) is 9.47 Å². The lowest BCUT2D eigenvalue weighted by atomic mass is 10.2. The number of carbonyl (C=O) groups is 1. The lowest BCUT2D eigenvalue weighted by Gasteiger charge is -2.21. The van der Waals surface area contributed by atoms with Crippen molar-refractivity contribution in [2.45, 2.75) is 18.0 Å². The van der Waals surface area contributed by atoms with E-state index in [1.165, 1.54) is 4.90 Å². The largest absolute Gasteiger partial charge is 0.496 e. The molecule has 0 saturated heterocycles. The highest BCUT2D eigenvalue weighted by Crippen LogP contribution is 2.33. The first-order chi connectivity index (χ1) is 11.3. The Morgan fingerprint density at radius 2 is 2.00 bits per heavy atom. The fraction of sp³-hybridized carbons (Fsp3) is 0.278. The molecular formula is C18H19NO3S. The Hall–Kier alpha value is -2.14. The van der Waals surface area contributed by atoms with E-state index in [1.807, 2.05) is 42.5 Å². The maximum Gasteiger partial charge on any atom is 0.410 e. The predicted molar refractivity (Wildman–Crippen MR) is 90.8 cm³/mol. The van der Waals surface area contributed by atoms with Crippen LogP contribution < -0.4 is 4.74 Å². The number of amides is 1. The molecule has 4 nitrogen and oxygen atoms in total. The molecule has 0 bridgehead atoms. The molecule has 0 N–H and O–H groups in total.